The van der Waals surface area contributed by atoms with Crippen molar-refractivity contribution in [3.05, 3.63) is 0 Å². The maximum Gasteiger partial charge on any atom is 0.233 e. The topological polar surface area (TPSA) is 58.2 Å². The molecule has 1 atom stereocenters. The van der Waals surface area contributed by atoms with Gasteiger partial charge in [0, 0.05) is 25.8 Å². The summed E-state index contributed by atoms with van der Waals surface area (Å²) in [5.74, 6) is 0.798. The summed E-state index contributed by atoms with van der Waals surface area (Å²) < 4.78 is 0. The van der Waals surface area contributed by atoms with Gasteiger partial charge in [0.15, 0.2) is 0 Å². The number of hydrogen-bond donors (Lipinski definition) is 2. The van der Waals surface area contributed by atoms with Crippen molar-refractivity contribution in [2.24, 2.45) is 0 Å². The van der Waals surface area contributed by atoms with Gasteiger partial charge >= 0.3 is 0 Å². The van der Waals surface area contributed by atoms with E-state index >= 15 is 0 Å². The molecule has 4 nitrogen and oxygen atoms in total. The second kappa shape index (κ2) is 4.35. The van der Waals surface area contributed by atoms with Crippen LogP contribution in [0.15, 0.2) is 0 Å². The molecule has 1 saturated heterocycles. The lowest BCUT2D eigenvalue weighted by atomic mass is 10.2. The van der Waals surface area contributed by atoms with E-state index in [1.54, 1.807) is 18.8 Å². The van der Waals surface area contributed by atoms with Gasteiger partial charge in [-0.15, -0.1) is 11.8 Å². The molecular formula is C7H12N2O2S. The van der Waals surface area contributed by atoms with Gasteiger partial charge in [0.25, 0.3) is 0 Å². The Bertz CT molecular complexity index is 196. The Hall–Kier alpha value is -0.710. The molecule has 1 fully saturated rings. The fourth-order valence-corrected chi connectivity index (χ4v) is 2.00. The van der Waals surface area contributed by atoms with Gasteiger partial charge in [0.2, 0.25) is 11.8 Å². The smallest absolute Gasteiger partial charge is 0.233 e. The number of nitrogens with one attached hydrogen (secondary N) is 2. The van der Waals surface area contributed by atoms with Crippen LogP contribution in [-0.2, 0) is 9.59 Å². The molecule has 1 rings (SSSR count). The van der Waals surface area contributed by atoms with Gasteiger partial charge in [-0.05, 0) is 0 Å². The minimum atomic E-state index is -0.196. The first-order chi connectivity index (χ1) is 5.74. The molecule has 2 amide bonds. The molecule has 0 aromatic heterocycles. The fourth-order valence-electron chi connectivity index (χ4n) is 0.987. The molecule has 0 saturated carbocycles. The van der Waals surface area contributed by atoms with Crippen molar-refractivity contribution in [3.8, 4) is 0 Å². The van der Waals surface area contributed by atoms with E-state index in [-0.39, 0.29) is 23.5 Å². The molecule has 2 N–H and O–H groups in total. The van der Waals surface area contributed by atoms with E-state index in [4.69, 9.17) is 0 Å². The van der Waals surface area contributed by atoms with Crippen LogP contribution < -0.4 is 10.6 Å². The van der Waals surface area contributed by atoms with Crippen LogP contribution in [0.5, 0.6) is 0 Å². The van der Waals surface area contributed by atoms with E-state index in [0.717, 1.165) is 5.75 Å². The highest BCUT2D eigenvalue weighted by Crippen LogP contribution is 2.17. The number of carbonyl (C=O) groups excluding carboxylic acids is 2. The van der Waals surface area contributed by atoms with Crippen LogP contribution in [0.2, 0.25) is 0 Å². The van der Waals surface area contributed by atoms with Crippen molar-refractivity contribution in [3.63, 3.8) is 0 Å². The maximum absolute atomic E-state index is 11.1. The molecule has 1 aliphatic heterocycles. The summed E-state index contributed by atoms with van der Waals surface area (Å²) in [6, 6.07) is 0. The minimum absolute atomic E-state index is 0.0187. The van der Waals surface area contributed by atoms with Crippen molar-refractivity contribution < 1.29 is 9.59 Å². The molecule has 0 aromatic carbocycles. The van der Waals surface area contributed by atoms with Crippen LogP contribution in [0.3, 0.4) is 0 Å². The Labute approximate surface area is 75.5 Å². The minimum Gasteiger partial charge on any atom is -0.359 e. The normalized spacial score (nSPS) is 23.1. The molecule has 0 aliphatic carbocycles. The van der Waals surface area contributed by atoms with Gasteiger partial charge in [-0.1, -0.05) is 0 Å². The molecular weight excluding hydrogens is 176 g/mol. The van der Waals surface area contributed by atoms with Crippen molar-refractivity contribution in [2.75, 3.05) is 19.3 Å². The fraction of sp³-hybridized carbons (Fsp3) is 0.714. The van der Waals surface area contributed by atoms with E-state index in [9.17, 15) is 9.59 Å². The Morgan fingerprint density at radius 1 is 1.83 bits per heavy atom. The summed E-state index contributed by atoms with van der Waals surface area (Å²) in [7, 11) is 1.58. The summed E-state index contributed by atoms with van der Waals surface area (Å²) in [5, 5.41) is 5.03. The van der Waals surface area contributed by atoms with Crippen LogP contribution in [0, 0.1) is 0 Å². The lowest BCUT2D eigenvalue weighted by Gasteiger charge is -2.20. The van der Waals surface area contributed by atoms with Crippen LogP contribution in [0.1, 0.15) is 6.42 Å². The van der Waals surface area contributed by atoms with E-state index < -0.39 is 0 Å². The quantitative estimate of drug-likeness (QED) is 0.605. The SMILES string of the molecule is CNC(=O)C[C@@H]1SCCNC1=O. The van der Waals surface area contributed by atoms with Gasteiger partial charge in [-0.3, -0.25) is 9.59 Å². The second-order valence-electron chi connectivity index (χ2n) is 2.53. The van der Waals surface area contributed by atoms with Gasteiger partial charge in [0.05, 0.1) is 5.25 Å². The van der Waals surface area contributed by atoms with E-state index in [1.807, 2.05) is 0 Å². The lowest BCUT2D eigenvalue weighted by Crippen LogP contribution is -2.41. The summed E-state index contributed by atoms with van der Waals surface area (Å²) in [4.78, 5) is 22.1. The van der Waals surface area contributed by atoms with Crippen LogP contribution in [0.25, 0.3) is 0 Å². The Balaban J connectivity index is 2.39. The zero-order valence-corrected chi connectivity index (χ0v) is 7.74. The van der Waals surface area contributed by atoms with Gasteiger partial charge < -0.3 is 10.6 Å². The number of carbonyl (C=O) groups is 2. The summed E-state index contributed by atoms with van der Waals surface area (Å²) in [6.07, 6.45) is 0.285. The molecule has 0 spiro atoms. The molecule has 0 radical (unpaired) electrons. The van der Waals surface area contributed by atoms with Crippen LogP contribution in [0.4, 0.5) is 0 Å². The van der Waals surface area contributed by atoms with Crippen molar-refractivity contribution in [2.45, 2.75) is 11.7 Å². The number of thioether (sulfide) groups is 1. The zero-order valence-electron chi connectivity index (χ0n) is 6.92. The third-order valence-electron chi connectivity index (χ3n) is 1.66. The van der Waals surface area contributed by atoms with E-state index in [2.05, 4.69) is 10.6 Å². The largest absolute Gasteiger partial charge is 0.359 e. The molecule has 0 bridgehead atoms. The second-order valence-corrected chi connectivity index (χ2v) is 3.84. The van der Waals surface area contributed by atoms with Gasteiger partial charge in [-0.2, -0.15) is 0 Å². The maximum atomic E-state index is 11.1. The summed E-state index contributed by atoms with van der Waals surface area (Å²) in [5.41, 5.74) is 0. The zero-order chi connectivity index (χ0) is 8.97. The third kappa shape index (κ3) is 2.41. The van der Waals surface area contributed by atoms with Crippen molar-refractivity contribution in [1.29, 1.82) is 0 Å². The van der Waals surface area contributed by atoms with E-state index in [1.165, 1.54) is 0 Å². The molecule has 0 unspecified atom stereocenters. The van der Waals surface area contributed by atoms with Crippen LogP contribution in [-0.4, -0.2) is 36.4 Å². The summed E-state index contributed by atoms with van der Waals surface area (Å²) >= 11 is 1.54. The van der Waals surface area contributed by atoms with Gasteiger partial charge in [-0.25, -0.2) is 0 Å². The van der Waals surface area contributed by atoms with Crippen molar-refractivity contribution in [1.82, 2.24) is 10.6 Å². The summed E-state index contributed by atoms with van der Waals surface area (Å²) in [6.45, 7) is 0.716. The monoisotopic (exact) mass is 188 g/mol. The molecule has 1 heterocycles. The van der Waals surface area contributed by atoms with Crippen LogP contribution >= 0.6 is 11.8 Å². The highest BCUT2D eigenvalue weighted by molar-refractivity contribution is 8.00. The Morgan fingerprint density at radius 2 is 2.58 bits per heavy atom. The first-order valence-electron chi connectivity index (χ1n) is 3.84. The number of rotatable bonds is 2. The van der Waals surface area contributed by atoms with Crippen molar-refractivity contribution >= 4 is 23.6 Å². The molecule has 68 valence electrons. The first-order valence-corrected chi connectivity index (χ1v) is 4.89. The molecule has 5 heteroatoms. The molecule has 12 heavy (non-hydrogen) atoms. The average molecular weight is 188 g/mol. The third-order valence-corrected chi connectivity index (χ3v) is 2.89. The number of amides is 2. The van der Waals surface area contributed by atoms with Gasteiger partial charge in [0.1, 0.15) is 0 Å². The standard InChI is InChI=1S/C7H12N2O2S/c1-8-6(10)4-5-7(11)9-2-3-12-5/h5H,2-4H2,1H3,(H,8,10)(H,9,11)/t5-/m0/s1. The average Bonchev–Trinajstić information content (AvgIpc) is 2.09. The number of hydrogen-bond acceptors (Lipinski definition) is 3. The first kappa shape index (κ1) is 9.38. The van der Waals surface area contributed by atoms with E-state index in [0.29, 0.717) is 6.54 Å². The molecule has 1 aliphatic rings. The predicted octanol–water partition coefficient (Wildman–Crippen LogP) is -0.646. The Kier molecular flexibility index (Phi) is 3.40. The highest BCUT2D eigenvalue weighted by Gasteiger charge is 2.24. The molecule has 0 aromatic rings. The Morgan fingerprint density at radius 3 is 3.17 bits per heavy atom. The predicted molar refractivity (Wildman–Crippen MR) is 47.9 cm³/mol. The lowest BCUT2D eigenvalue weighted by molar-refractivity contribution is -0.125. The highest BCUT2D eigenvalue weighted by atomic mass is 32.2.